The van der Waals surface area contributed by atoms with Crippen molar-refractivity contribution >= 4 is 5.69 Å². The molecule has 2 aromatic rings. The van der Waals surface area contributed by atoms with Gasteiger partial charge in [0.2, 0.25) is 0 Å². The van der Waals surface area contributed by atoms with Crippen molar-refractivity contribution in [1.82, 2.24) is 14.8 Å². The van der Waals surface area contributed by atoms with E-state index in [4.69, 9.17) is 5.73 Å². The summed E-state index contributed by atoms with van der Waals surface area (Å²) < 4.78 is 27.9. The van der Waals surface area contributed by atoms with Gasteiger partial charge in [-0.1, -0.05) is 0 Å². The van der Waals surface area contributed by atoms with Crippen molar-refractivity contribution in [2.24, 2.45) is 0 Å². The van der Waals surface area contributed by atoms with E-state index in [0.29, 0.717) is 11.4 Å². The zero-order valence-electron chi connectivity index (χ0n) is 9.48. The number of hydrogen-bond donors (Lipinski definition) is 1. The summed E-state index contributed by atoms with van der Waals surface area (Å²) in [4.78, 5) is 0. The van der Waals surface area contributed by atoms with E-state index in [1.54, 1.807) is 4.57 Å². The Balaban J connectivity index is 2.60. The molecule has 0 bridgehead atoms. The number of nitrogen functional groups attached to an aromatic ring is 1. The zero-order chi connectivity index (χ0) is 12.6. The smallest absolute Gasteiger partial charge is 0.166 e. The maximum Gasteiger partial charge on any atom is 0.166 e. The van der Waals surface area contributed by atoms with Crippen LogP contribution in [0.4, 0.5) is 14.5 Å². The Bertz CT molecular complexity index is 548. The molecule has 4 nitrogen and oxygen atoms in total. The topological polar surface area (TPSA) is 56.7 Å². The standard InChI is InChI=1S/C11H12F2N4/c1-6(2)17-5-15-16-11(17)7-3-8(12)9(13)4-10(7)14/h3-6H,14H2,1-2H3. The van der Waals surface area contributed by atoms with Gasteiger partial charge in [0, 0.05) is 23.4 Å². The van der Waals surface area contributed by atoms with Gasteiger partial charge < -0.3 is 10.3 Å². The van der Waals surface area contributed by atoms with E-state index < -0.39 is 11.6 Å². The lowest BCUT2D eigenvalue weighted by atomic mass is 10.1. The summed E-state index contributed by atoms with van der Waals surface area (Å²) in [7, 11) is 0. The minimum absolute atomic E-state index is 0.104. The molecule has 0 aliphatic carbocycles. The minimum atomic E-state index is -0.970. The molecule has 90 valence electrons. The van der Waals surface area contributed by atoms with Crippen LogP contribution in [0.3, 0.4) is 0 Å². The Kier molecular flexibility index (Phi) is 2.79. The van der Waals surface area contributed by atoms with Crippen LogP contribution in [-0.4, -0.2) is 14.8 Å². The summed E-state index contributed by atoms with van der Waals surface area (Å²) >= 11 is 0. The van der Waals surface area contributed by atoms with Gasteiger partial charge in [-0.15, -0.1) is 10.2 Å². The van der Waals surface area contributed by atoms with Crippen LogP contribution in [0.2, 0.25) is 0 Å². The Morgan fingerprint density at radius 1 is 1.24 bits per heavy atom. The molecule has 0 spiro atoms. The summed E-state index contributed by atoms with van der Waals surface area (Å²) in [6.07, 6.45) is 1.53. The predicted molar refractivity (Wildman–Crippen MR) is 60.2 cm³/mol. The molecule has 2 N–H and O–H groups in total. The molecule has 6 heteroatoms. The molecule has 2 rings (SSSR count). The fraction of sp³-hybridized carbons (Fsp3) is 0.273. The molecule has 1 aromatic heterocycles. The summed E-state index contributed by atoms with van der Waals surface area (Å²) in [5.74, 6) is -1.49. The van der Waals surface area contributed by atoms with Crippen LogP contribution in [0, 0.1) is 11.6 Å². The predicted octanol–water partition coefficient (Wildman–Crippen LogP) is 2.39. The fourth-order valence-corrected chi connectivity index (χ4v) is 1.57. The molecule has 0 aliphatic rings. The largest absolute Gasteiger partial charge is 0.398 e. The average molecular weight is 238 g/mol. The van der Waals surface area contributed by atoms with Crippen LogP contribution in [-0.2, 0) is 0 Å². The van der Waals surface area contributed by atoms with Crippen molar-refractivity contribution in [2.45, 2.75) is 19.9 Å². The Labute approximate surface area is 97.1 Å². The van der Waals surface area contributed by atoms with Gasteiger partial charge in [0.1, 0.15) is 6.33 Å². The summed E-state index contributed by atoms with van der Waals surface area (Å²) in [5.41, 5.74) is 6.14. The lowest BCUT2D eigenvalue weighted by molar-refractivity contribution is 0.509. The normalized spacial score (nSPS) is 11.1. The molecule has 1 aromatic carbocycles. The monoisotopic (exact) mass is 238 g/mol. The van der Waals surface area contributed by atoms with Crippen molar-refractivity contribution in [3.8, 4) is 11.4 Å². The lowest BCUT2D eigenvalue weighted by Gasteiger charge is -2.11. The van der Waals surface area contributed by atoms with Crippen LogP contribution < -0.4 is 5.73 Å². The van der Waals surface area contributed by atoms with Crippen molar-refractivity contribution in [2.75, 3.05) is 5.73 Å². The van der Waals surface area contributed by atoms with Crippen LogP contribution >= 0.6 is 0 Å². The summed E-state index contributed by atoms with van der Waals surface area (Å²) in [5, 5.41) is 7.64. The first kappa shape index (κ1) is 11.5. The molecule has 0 amide bonds. The lowest BCUT2D eigenvalue weighted by Crippen LogP contribution is -2.04. The molecule has 0 radical (unpaired) electrons. The van der Waals surface area contributed by atoms with E-state index >= 15 is 0 Å². The number of hydrogen-bond acceptors (Lipinski definition) is 3. The number of halogens is 2. The van der Waals surface area contributed by atoms with Crippen LogP contribution in [0.15, 0.2) is 18.5 Å². The van der Waals surface area contributed by atoms with Crippen molar-refractivity contribution in [3.05, 3.63) is 30.1 Å². The summed E-state index contributed by atoms with van der Waals surface area (Å²) in [6.45, 7) is 3.87. The van der Waals surface area contributed by atoms with E-state index in [9.17, 15) is 8.78 Å². The molecule has 0 atom stereocenters. The zero-order valence-corrected chi connectivity index (χ0v) is 9.48. The highest BCUT2D eigenvalue weighted by Crippen LogP contribution is 2.27. The Morgan fingerprint density at radius 3 is 2.53 bits per heavy atom. The van der Waals surface area contributed by atoms with Crippen LogP contribution in [0.25, 0.3) is 11.4 Å². The quantitative estimate of drug-likeness (QED) is 0.817. The maximum absolute atomic E-state index is 13.2. The third-order valence-corrected chi connectivity index (χ3v) is 2.46. The minimum Gasteiger partial charge on any atom is -0.398 e. The van der Waals surface area contributed by atoms with Gasteiger partial charge in [0.05, 0.1) is 0 Å². The highest BCUT2D eigenvalue weighted by Gasteiger charge is 2.15. The van der Waals surface area contributed by atoms with Gasteiger partial charge in [-0.05, 0) is 19.9 Å². The highest BCUT2D eigenvalue weighted by atomic mass is 19.2. The summed E-state index contributed by atoms with van der Waals surface area (Å²) in [6, 6.07) is 2.09. The van der Waals surface area contributed by atoms with Gasteiger partial charge in [-0.25, -0.2) is 8.78 Å². The first-order valence-corrected chi connectivity index (χ1v) is 5.15. The van der Waals surface area contributed by atoms with Gasteiger partial charge in [-0.3, -0.25) is 0 Å². The average Bonchev–Trinajstić information content (AvgIpc) is 2.72. The second-order valence-electron chi connectivity index (χ2n) is 4.01. The number of aromatic nitrogens is 3. The number of nitrogens with zero attached hydrogens (tertiary/aromatic N) is 3. The third-order valence-electron chi connectivity index (χ3n) is 2.46. The van der Waals surface area contributed by atoms with Crippen LogP contribution in [0.1, 0.15) is 19.9 Å². The molecule has 1 heterocycles. The number of nitrogens with two attached hydrogens (primary N) is 1. The number of rotatable bonds is 2. The van der Waals surface area contributed by atoms with E-state index in [1.807, 2.05) is 13.8 Å². The number of anilines is 1. The second-order valence-corrected chi connectivity index (χ2v) is 4.01. The van der Waals surface area contributed by atoms with E-state index in [0.717, 1.165) is 12.1 Å². The van der Waals surface area contributed by atoms with E-state index in [-0.39, 0.29) is 11.7 Å². The molecule has 17 heavy (non-hydrogen) atoms. The maximum atomic E-state index is 13.2. The Hall–Kier alpha value is -1.98. The first-order valence-electron chi connectivity index (χ1n) is 5.15. The molecule has 0 aliphatic heterocycles. The fourth-order valence-electron chi connectivity index (χ4n) is 1.57. The molecular formula is C11H12F2N4. The molecule has 0 saturated heterocycles. The number of benzene rings is 1. The van der Waals surface area contributed by atoms with Crippen LogP contribution in [0.5, 0.6) is 0 Å². The van der Waals surface area contributed by atoms with Crippen molar-refractivity contribution < 1.29 is 8.78 Å². The molecule has 0 fully saturated rings. The SMILES string of the molecule is CC(C)n1cnnc1-c1cc(F)c(F)cc1N. The third kappa shape index (κ3) is 1.98. The van der Waals surface area contributed by atoms with Gasteiger partial charge >= 0.3 is 0 Å². The van der Waals surface area contributed by atoms with E-state index in [1.165, 1.54) is 6.33 Å². The molecule has 0 saturated carbocycles. The van der Waals surface area contributed by atoms with Crippen molar-refractivity contribution in [3.63, 3.8) is 0 Å². The molecule has 0 unspecified atom stereocenters. The molecular weight excluding hydrogens is 226 g/mol. The van der Waals surface area contributed by atoms with Gasteiger partial charge in [0.15, 0.2) is 17.5 Å². The second kappa shape index (κ2) is 4.12. The van der Waals surface area contributed by atoms with Gasteiger partial charge in [0.25, 0.3) is 0 Å². The van der Waals surface area contributed by atoms with E-state index in [2.05, 4.69) is 10.2 Å². The Morgan fingerprint density at radius 2 is 1.88 bits per heavy atom. The first-order chi connectivity index (χ1) is 8.00. The van der Waals surface area contributed by atoms with Gasteiger partial charge in [-0.2, -0.15) is 0 Å². The van der Waals surface area contributed by atoms with Crippen molar-refractivity contribution in [1.29, 1.82) is 0 Å². The highest BCUT2D eigenvalue weighted by molar-refractivity contribution is 5.71.